The number of ether oxygens (including phenoxy) is 3. The lowest BCUT2D eigenvalue weighted by Gasteiger charge is -2.23. The van der Waals surface area contributed by atoms with Crippen LogP contribution in [0.15, 0.2) is 18.2 Å². The number of nitrogens with two attached hydrogens (primary N) is 1. The zero-order valence-corrected chi connectivity index (χ0v) is 13.0. The largest absolute Gasteiger partial charge is 0.493 e. The molecule has 122 valence electrons. The summed E-state index contributed by atoms with van der Waals surface area (Å²) in [5, 5.41) is 2.87. The molecule has 0 aliphatic carbocycles. The monoisotopic (exact) mass is 308 g/mol. The van der Waals surface area contributed by atoms with Crippen molar-refractivity contribution in [3.05, 3.63) is 29.3 Å². The Balaban J connectivity index is 1.95. The number of amides is 1. The number of hydrogen-bond donors (Lipinski definition) is 2. The maximum absolute atomic E-state index is 12.3. The summed E-state index contributed by atoms with van der Waals surface area (Å²) in [6.45, 7) is 5.14. The molecule has 0 bridgehead atoms. The van der Waals surface area contributed by atoms with E-state index >= 15 is 0 Å². The van der Waals surface area contributed by atoms with E-state index in [9.17, 15) is 4.79 Å². The number of hydrogen-bond acceptors (Lipinski definition) is 5. The van der Waals surface area contributed by atoms with Crippen molar-refractivity contribution in [3.8, 4) is 5.75 Å². The lowest BCUT2D eigenvalue weighted by atomic mass is 10.1. The molecule has 3 N–H and O–H groups in total. The first-order valence-electron chi connectivity index (χ1n) is 7.61. The molecule has 1 amide bonds. The van der Waals surface area contributed by atoms with Crippen molar-refractivity contribution >= 4 is 5.91 Å². The second-order valence-corrected chi connectivity index (χ2v) is 5.27. The van der Waals surface area contributed by atoms with Crippen LogP contribution in [0.3, 0.4) is 0 Å². The van der Waals surface area contributed by atoms with E-state index in [1.54, 1.807) is 6.07 Å². The number of nitrogens with one attached hydrogen (secondary N) is 1. The first-order chi connectivity index (χ1) is 10.7. The van der Waals surface area contributed by atoms with Crippen molar-refractivity contribution in [3.63, 3.8) is 0 Å². The molecule has 0 radical (unpaired) electrons. The SMILES string of the molecule is Cc1ccc(C(=O)NC[C@H]2COCCO2)c(OCCCN)c1. The third-order valence-corrected chi connectivity index (χ3v) is 3.36. The van der Waals surface area contributed by atoms with Gasteiger partial charge in [-0.3, -0.25) is 4.79 Å². The minimum atomic E-state index is -0.170. The molecular weight excluding hydrogens is 284 g/mol. The molecular formula is C16H24N2O4. The van der Waals surface area contributed by atoms with Gasteiger partial charge < -0.3 is 25.3 Å². The van der Waals surface area contributed by atoms with Crippen molar-refractivity contribution in [2.45, 2.75) is 19.4 Å². The van der Waals surface area contributed by atoms with Gasteiger partial charge in [0.25, 0.3) is 5.91 Å². The van der Waals surface area contributed by atoms with Gasteiger partial charge in [-0.25, -0.2) is 0 Å². The topological polar surface area (TPSA) is 82.8 Å². The van der Waals surface area contributed by atoms with Gasteiger partial charge in [0.15, 0.2) is 0 Å². The van der Waals surface area contributed by atoms with E-state index in [0.29, 0.717) is 50.8 Å². The van der Waals surface area contributed by atoms with Crippen LogP contribution >= 0.6 is 0 Å². The van der Waals surface area contributed by atoms with E-state index in [-0.39, 0.29) is 12.0 Å². The number of carbonyl (C=O) groups is 1. The third kappa shape index (κ3) is 4.98. The molecule has 1 fully saturated rings. The Morgan fingerprint density at radius 2 is 2.32 bits per heavy atom. The molecule has 1 saturated heterocycles. The van der Waals surface area contributed by atoms with Crippen molar-refractivity contribution in [2.75, 3.05) is 39.5 Å². The van der Waals surface area contributed by atoms with Gasteiger partial charge in [-0.1, -0.05) is 6.07 Å². The molecule has 0 spiro atoms. The molecule has 0 unspecified atom stereocenters. The second-order valence-electron chi connectivity index (χ2n) is 5.27. The van der Waals surface area contributed by atoms with E-state index in [1.807, 2.05) is 19.1 Å². The van der Waals surface area contributed by atoms with Crippen LogP contribution in [0.4, 0.5) is 0 Å². The van der Waals surface area contributed by atoms with E-state index in [1.165, 1.54) is 0 Å². The van der Waals surface area contributed by atoms with E-state index in [0.717, 1.165) is 12.0 Å². The maximum Gasteiger partial charge on any atom is 0.255 e. The van der Waals surface area contributed by atoms with Gasteiger partial charge in [0.2, 0.25) is 0 Å². The quantitative estimate of drug-likeness (QED) is 0.730. The highest BCUT2D eigenvalue weighted by Gasteiger charge is 2.18. The minimum absolute atomic E-state index is 0.0928. The first kappa shape index (κ1) is 16.7. The number of benzene rings is 1. The Kier molecular flexibility index (Phi) is 6.64. The second kappa shape index (κ2) is 8.73. The van der Waals surface area contributed by atoms with Crippen molar-refractivity contribution in [2.24, 2.45) is 5.73 Å². The molecule has 1 aromatic carbocycles. The average molecular weight is 308 g/mol. The Morgan fingerprint density at radius 1 is 1.45 bits per heavy atom. The van der Waals surface area contributed by atoms with Crippen molar-refractivity contribution < 1.29 is 19.0 Å². The van der Waals surface area contributed by atoms with Gasteiger partial charge in [-0.05, 0) is 37.6 Å². The number of aryl methyl sites for hydroxylation is 1. The maximum atomic E-state index is 12.3. The number of carbonyl (C=O) groups excluding carboxylic acids is 1. The molecule has 1 aliphatic rings. The molecule has 1 aromatic rings. The fourth-order valence-electron chi connectivity index (χ4n) is 2.16. The van der Waals surface area contributed by atoms with Crippen LogP contribution in [-0.4, -0.2) is 51.5 Å². The predicted octanol–water partition coefficient (Wildman–Crippen LogP) is 0.868. The highest BCUT2D eigenvalue weighted by atomic mass is 16.6. The summed E-state index contributed by atoms with van der Waals surface area (Å²) in [6.07, 6.45) is 0.659. The van der Waals surface area contributed by atoms with Crippen LogP contribution in [0.5, 0.6) is 5.75 Å². The molecule has 1 atom stereocenters. The highest BCUT2D eigenvalue weighted by Crippen LogP contribution is 2.20. The van der Waals surface area contributed by atoms with Crippen LogP contribution in [0, 0.1) is 6.92 Å². The summed E-state index contributed by atoms with van der Waals surface area (Å²) in [5.41, 5.74) is 7.04. The van der Waals surface area contributed by atoms with Gasteiger partial charge in [0.05, 0.1) is 38.1 Å². The minimum Gasteiger partial charge on any atom is -0.493 e. The van der Waals surface area contributed by atoms with Crippen LogP contribution in [0.25, 0.3) is 0 Å². The van der Waals surface area contributed by atoms with Crippen LogP contribution in [0.1, 0.15) is 22.3 Å². The van der Waals surface area contributed by atoms with Crippen LogP contribution in [-0.2, 0) is 9.47 Å². The molecule has 6 nitrogen and oxygen atoms in total. The first-order valence-corrected chi connectivity index (χ1v) is 7.61. The summed E-state index contributed by atoms with van der Waals surface area (Å²) in [7, 11) is 0. The Hall–Kier alpha value is -1.63. The highest BCUT2D eigenvalue weighted by molar-refractivity contribution is 5.97. The lowest BCUT2D eigenvalue weighted by molar-refractivity contribution is -0.0855. The summed E-state index contributed by atoms with van der Waals surface area (Å²) in [4.78, 5) is 12.3. The van der Waals surface area contributed by atoms with Gasteiger partial charge in [0.1, 0.15) is 5.75 Å². The Morgan fingerprint density at radius 3 is 3.05 bits per heavy atom. The Bertz CT molecular complexity index is 487. The molecule has 1 heterocycles. The summed E-state index contributed by atoms with van der Waals surface area (Å²) in [6, 6.07) is 5.54. The van der Waals surface area contributed by atoms with Crippen LogP contribution < -0.4 is 15.8 Å². The summed E-state index contributed by atoms with van der Waals surface area (Å²) < 4.78 is 16.5. The number of rotatable bonds is 7. The zero-order chi connectivity index (χ0) is 15.8. The van der Waals surface area contributed by atoms with Crippen LogP contribution in [0.2, 0.25) is 0 Å². The molecule has 0 saturated carbocycles. The van der Waals surface area contributed by atoms with Crippen molar-refractivity contribution in [1.82, 2.24) is 5.32 Å². The van der Waals surface area contributed by atoms with Gasteiger partial charge in [-0.2, -0.15) is 0 Å². The fourth-order valence-corrected chi connectivity index (χ4v) is 2.16. The summed E-state index contributed by atoms with van der Waals surface area (Å²) in [5.74, 6) is 0.420. The van der Waals surface area contributed by atoms with Gasteiger partial charge in [-0.15, -0.1) is 0 Å². The van der Waals surface area contributed by atoms with E-state index in [4.69, 9.17) is 19.9 Å². The standard InChI is InChI=1S/C16H24N2O4/c1-12-3-4-14(15(9-12)22-6-2-5-17)16(19)18-10-13-11-20-7-8-21-13/h3-4,9,13H,2,5-8,10-11,17H2,1H3,(H,18,19)/t13-/m0/s1. The molecule has 2 rings (SSSR count). The van der Waals surface area contributed by atoms with E-state index in [2.05, 4.69) is 5.32 Å². The van der Waals surface area contributed by atoms with Crippen molar-refractivity contribution in [1.29, 1.82) is 0 Å². The van der Waals surface area contributed by atoms with Gasteiger partial charge in [0, 0.05) is 6.54 Å². The predicted molar refractivity (Wildman–Crippen MR) is 83.2 cm³/mol. The normalized spacial score (nSPS) is 18.0. The zero-order valence-electron chi connectivity index (χ0n) is 13.0. The third-order valence-electron chi connectivity index (χ3n) is 3.36. The summed E-state index contributed by atoms with van der Waals surface area (Å²) >= 11 is 0. The molecule has 0 aromatic heterocycles. The molecule has 22 heavy (non-hydrogen) atoms. The lowest BCUT2D eigenvalue weighted by Crippen LogP contribution is -2.39. The fraction of sp³-hybridized carbons (Fsp3) is 0.562. The van der Waals surface area contributed by atoms with E-state index < -0.39 is 0 Å². The molecule has 1 aliphatic heterocycles. The molecule has 6 heteroatoms. The van der Waals surface area contributed by atoms with Gasteiger partial charge >= 0.3 is 0 Å². The Labute approximate surface area is 130 Å². The average Bonchev–Trinajstić information content (AvgIpc) is 2.54. The smallest absolute Gasteiger partial charge is 0.255 e.